The second kappa shape index (κ2) is 5.24. The van der Waals surface area contributed by atoms with E-state index in [-0.39, 0.29) is 18.9 Å². The van der Waals surface area contributed by atoms with Crippen LogP contribution in [-0.2, 0) is 0 Å². The van der Waals surface area contributed by atoms with E-state index in [4.69, 9.17) is 0 Å². The fourth-order valence-electron chi connectivity index (χ4n) is 2.24. The smallest absolute Gasteiger partial charge is 0.250 e. The number of nitrogens with zero attached hydrogens (tertiary/aromatic N) is 1. The summed E-state index contributed by atoms with van der Waals surface area (Å²) in [6, 6.07) is 0.0859. The molecule has 2 unspecified atom stereocenters. The highest BCUT2D eigenvalue weighted by molar-refractivity contribution is 4.85. The van der Waals surface area contributed by atoms with Crippen molar-refractivity contribution in [1.82, 2.24) is 4.90 Å². The molecular formula is C12H23F2N. The van der Waals surface area contributed by atoms with Crippen LogP contribution in [0.1, 0.15) is 46.5 Å². The first-order chi connectivity index (χ1) is 6.98. The van der Waals surface area contributed by atoms with Crippen LogP contribution in [0.3, 0.4) is 0 Å². The molecule has 0 amide bonds. The van der Waals surface area contributed by atoms with Crippen molar-refractivity contribution in [3.63, 3.8) is 0 Å². The normalized spacial score (nSPS) is 29.0. The Morgan fingerprint density at radius 3 is 2.60 bits per heavy atom. The number of rotatable bonds is 4. The summed E-state index contributed by atoms with van der Waals surface area (Å²) in [6.07, 6.45) is 2.06. The Hall–Kier alpha value is -0.180. The molecule has 0 N–H and O–H groups in total. The lowest BCUT2D eigenvalue weighted by Gasteiger charge is -2.40. The summed E-state index contributed by atoms with van der Waals surface area (Å²) in [5.41, 5.74) is 0. The van der Waals surface area contributed by atoms with Crippen molar-refractivity contribution in [2.45, 2.75) is 58.4 Å². The van der Waals surface area contributed by atoms with E-state index in [1.807, 2.05) is 6.92 Å². The first-order valence-corrected chi connectivity index (χ1v) is 6.10. The summed E-state index contributed by atoms with van der Waals surface area (Å²) in [7, 11) is 0. The Morgan fingerprint density at radius 2 is 2.07 bits per heavy atom. The van der Waals surface area contributed by atoms with Crippen molar-refractivity contribution >= 4 is 0 Å². The van der Waals surface area contributed by atoms with Crippen LogP contribution in [-0.4, -0.2) is 30.0 Å². The highest BCUT2D eigenvalue weighted by atomic mass is 19.3. The van der Waals surface area contributed by atoms with Gasteiger partial charge in [-0.2, -0.15) is 0 Å². The summed E-state index contributed by atoms with van der Waals surface area (Å²) in [5, 5.41) is 0. The molecule has 0 aromatic carbocycles. The molecule has 0 aliphatic carbocycles. The number of hydrogen-bond acceptors (Lipinski definition) is 1. The summed E-state index contributed by atoms with van der Waals surface area (Å²) in [4.78, 5) is 2.26. The van der Waals surface area contributed by atoms with E-state index in [0.29, 0.717) is 12.5 Å². The fraction of sp³-hybridized carbons (Fsp3) is 1.00. The van der Waals surface area contributed by atoms with Crippen LogP contribution in [0, 0.1) is 5.92 Å². The van der Waals surface area contributed by atoms with Crippen LogP contribution < -0.4 is 0 Å². The van der Waals surface area contributed by atoms with Gasteiger partial charge in [0.1, 0.15) is 0 Å². The monoisotopic (exact) mass is 219 g/mol. The number of hydrogen-bond donors (Lipinski definition) is 0. The molecule has 0 aromatic heterocycles. The number of piperidine rings is 1. The highest BCUT2D eigenvalue weighted by Crippen LogP contribution is 2.33. The minimum Gasteiger partial charge on any atom is -0.300 e. The van der Waals surface area contributed by atoms with E-state index in [1.54, 1.807) is 0 Å². The summed E-state index contributed by atoms with van der Waals surface area (Å²) in [6.45, 7) is 7.90. The molecule has 1 heterocycles. The Balaban J connectivity index is 2.51. The number of likely N-dealkylation sites (tertiary alicyclic amines) is 1. The van der Waals surface area contributed by atoms with Gasteiger partial charge in [-0.15, -0.1) is 0 Å². The maximum atomic E-state index is 13.2. The minimum atomic E-state index is -2.42. The Bertz CT molecular complexity index is 194. The lowest BCUT2D eigenvalue weighted by atomic mass is 9.95. The van der Waals surface area contributed by atoms with Crippen LogP contribution in [0.15, 0.2) is 0 Å². The van der Waals surface area contributed by atoms with Crippen molar-refractivity contribution < 1.29 is 8.78 Å². The Labute approximate surface area is 91.8 Å². The summed E-state index contributed by atoms with van der Waals surface area (Å²) < 4.78 is 26.4. The Kier molecular flexibility index (Phi) is 4.50. The van der Waals surface area contributed by atoms with Gasteiger partial charge >= 0.3 is 0 Å². The van der Waals surface area contributed by atoms with Crippen LogP contribution in [0.5, 0.6) is 0 Å². The molecule has 15 heavy (non-hydrogen) atoms. The standard InChI is InChI=1S/C12H23F2N/c1-4-10(3)9-15-7-6-12(13,14)8-11(15)5-2/h10-11H,4-9H2,1-3H3. The highest BCUT2D eigenvalue weighted by Gasteiger charge is 2.39. The van der Waals surface area contributed by atoms with E-state index in [1.165, 1.54) is 0 Å². The zero-order chi connectivity index (χ0) is 11.5. The maximum absolute atomic E-state index is 13.2. The van der Waals surface area contributed by atoms with E-state index < -0.39 is 5.92 Å². The van der Waals surface area contributed by atoms with Crippen LogP contribution in [0.4, 0.5) is 8.78 Å². The van der Waals surface area contributed by atoms with Gasteiger partial charge in [0.25, 0.3) is 5.92 Å². The average Bonchev–Trinajstić information content (AvgIpc) is 2.20. The van der Waals surface area contributed by atoms with Gasteiger partial charge in [0.2, 0.25) is 0 Å². The zero-order valence-corrected chi connectivity index (χ0v) is 10.1. The molecule has 1 fully saturated rings. The first-order valence-electron chi connectivity index (χ1n) is 6.10. The maximum Gasteiger partial charge on any atom is 0.250 e. The van der Waals surface area contributed by atoms with Gasteiger partial charge in [0.05, 0.1) is 0 Å². The molecule has 1 aliphatic heterocycles. The molecule has 0 aromatic rings. The SMILES string of the molecule is CCC(C)CN1CCC(F)(F)CC1CC. The second-order valence-corrected chi connectivity index (χ2v) is 4.88. The van der Waals surface area contributed by atoms with Crippen molar-refractivity contribution in [3.8, 4) is 0 Å². The van der Waals surface area contributed by atoms with Gasteiger partial charge in [-0.25, -0.2) is 8.78 Å². The fourth-order valence-corrected chi connectivity index (χ4v) is 2.24. The van der Waals surface area contributed by atoms with Crippen molar-refractivity contribution in [3.05, 3.63) is 0 Å². The van der Waals surface area contributed by atoms with Gasteiger partial charge < -0.3 is 0 Å². The lowest BCUT2D eigenvalue weighted by Crippen LogP contribution is -2.48. The van der Waals surface area contributed by atoms with Crippen LogP contribution in [0.2, 0.25) is 0 Å². The molecular weight excluding hydrogens is 196 g/mol. The third-order valence-electron chi connectivity index (χ3n) is 3.53. The van der Waals surface area contributed by atoms with Gasteiger partial charge in [-0.1, -0.05) is 27.2 Å². The molecule has 0 spiro atoms. The third-order valence-corrected chi connectivity index (χ3v) is 3.53. The molecule has 0 radical (unpaired) electrons. The van der Waals surface area contributed by atoms with Gasteiger partial charge in [0, 0.05) is 32.0 Å². The topological polar surface area (TPSA) is 3.24 Å². The van der Waals surface area contributed by atoms with E-state index in [2.05, 4.69) is 18.7 Å². The first kappa shape index (κ1) is 12.9. The van der Waals surface area contributed by atoms with Gasteiger partial charge in [0.15, 0.2) is 0 Å². The molecule has 90 valence electrons. The second-order valence-electron chi connectivity index (χ2n) is 4.88. The average molecular weight is 219 g/mol. The molecule has 0 saturated carbocycles. The van der Waals surface area contributed by atoms with E-state index in [0.717, 1.165) is 19.4 Å². The Morgan fingerprint density at radius 1 is 1.40 bits per heavy atom. The molecule has 3 heteroatoms. The number of alkyl halides is 2. The number of halogens is 2. The molecule has 1 nitrogen and oxygen atoms in total. The molecule has 1 aliphatic rings. The van der Waals surface area contributed by atoms with Crippen molar-refractivity contribution in [1.29, 1.82) is 0 Å². The van der Waals surface area contributed by atoms with Crippen molar-refractivity contribution in [2.24, 2.45) is 5.92 Å². The van der Waals surface area contributed by atoms with Gasteiger partial charge in [-0.05, 0) is 12.3 Å². The quantitative estimate of drug-likeness (QED) is 0.699. The predicted octanol–water partition coefficient (Wildman–Crippen LogP) is 3.54. The molecule has 2 atom stereocenters. The largest absolute Gasteiger partial charge is 0.300 e. The molecule has 0 bridgehead atoms. The lowest BCUT2D eigenvalue weighted by molar-refractivity contribution is -0.0812. The third kappa shape index (κ3) is 3.71. The van der Waals surface area contributed by atoms with Gasteiger partial charge in [-0.3, -0.25) is 4.90 Å². The van der Waals surface area contributed by atoms with Crippen LogP contribution in [0.25, 0.3) is 0 Å². The minimum absolute atomic E-state index is 0.0416. The zero-order valence-electron chi connectivity index (χ0n) is 10.1. The van der Waals surface area contributed by atoms with E-state index in [9.17, 15) is 8.78 Å². The summed E-state index contributed by atoms with van der Waals surface area (Å²) >= 11 is 0. The predicted molar refractivity (Wildman–Crippen MR) is 59.3 cm³/mol. The van der Waals surface area contributed by atoms with Crippen LogP contribution >= 0.6 is 0 Å². The van der Waals surface area contributed by atoms with Crippen molar-refractivity contribution in [2.75, 3.05) is 13.1 Å². The van der Waals surface area contributed by atoms with E-state index >= 15 is 0 Å². The summed E-state index contributed by atoms with van der Waals surface area (Å²) in [5.74, 6) is -1.81. The molecule has 1 saturated heterocycles. The molecule has 1 rings (SSSR count).